The van der Waals surface area contributed by atoms with E-state index in [0.29, 0.717) is 22.8 Å². The lowest BCUT2D eigenvalue weighted by Crippen LogP contribution is -2.36. The maximum Gasteiger partial charge on any atom is 0.266 e. The zero-order valence-corrected chi connectivity index (χ0v) is 14.7. The molecule has 1 aromatic heterocycles. The number of nitrogens with one attached hydrogen (secondary N) is 1. The second-order valence-corrected chi connectivity index (χ2v) is 6.31. The predicted molar refractivity (Wildman–Crippen MR) is 97.3 cm³/mol. The number of rotatable bonds is 3. The van der Waals surface area contributed by atoms with E-state index in [9.17, 15) is 14.3 Å². The van der Waals surface area contributed by atoms with Crippen LogP contribution < -0.4 is 15.8 Å². The standard InChI is InChI=1S/C19H17FN4O3/c1-10-16(17(21)24(23-10)12-4-6-13(27-2)7-5-12)19(26)14-9-11(20)3-8-15(14)22-18(19)25/h3-9,26H,21H2,1-2H3,(H,22,25). The Morgan fingerprint density at radius 2 is 1.96 bits per heavy atom. The Morgan fingerprint density at radius 1 is 1.26 bits per heavy atom. The smallest absolute Gasteiger partial charge is 0.266 e. The lowest BCUT2D eigenvalue weighted by Gasteiger charge is -2.21. The average Bonchev–Trinajstić information content (AvgIpc) is 3.09. The fourth-order valence-corrected chi connectivity index (χ4v) is 3.42. The van der Waals surface area contributed by atoms with Crippen molar-refractivity contribution in [2.75, 3.05) is 18.2 Å². The fraction of sp³-hybridized carbons (Fsp3) is 0.158. The topological polar surface area (TPSA) is 102 Å². The summed E-state index contributed by atoms with van der Waals surface area (Å²) >= 11 is 0. The van der Waals surface area contributed by atoms with Crippen LogP contribution in [0.3, 0.4) is 0 Å². The van der Waals surface area contributed by atoms with Gasteiger partial charge >= 0.3 is 0 Å². The van der Waals surface area contributed by atoms with E-state index in [-0.39, 0.29) is 16.9 Å². The molecule has 1 atom stereocenters. The largest absolute Gasteiger partial charge is 0.497 e. The van der Waals surface area contributed by atoms with Crippen LogP contribution in [-0.4, -0.2) is 27.9 Å². The first-order valence-electron chi connectivity index (χ1n) is 8.20. The molecule has 7 nitrogen and oxygen atoms in total. The number of carbonyl (C=O) groups excluding carboxylic acids is 1. The SMILES string of the molecule is COc1ccc(-n2nc(C)c(C3(O)C(=O)Nc4ccc(F)cc43)c2N)cc1. The molecule has 0 bridgehead atoms. The highest BCUT2D eigenvalue weighted by Gasteiger charge is 2.50. The zero-order valence-electron chi connectivity index (χ0n) is 14.7. The number of methoxy groups -OCH3 is 1. The normalized spacial score (nSPS) is 18.3. The van der Waals surface area contributed by atoms with E-state index < -0.39 is 17.3 Å². The van der Waals surface area contributed by atoms with Gasteiger partial charge in [-0.3, -0.25) is 4.79 Å². The molecule has 0 spiro atoms. The number of hydrogen-bond acceptors (Lipinski definition) is 5. The number of fused-ring (bicyclic) bond motifs is 1. The van der Waals surface area contributed by atoms with Crippen LogP contribution in [0, 0.1) is 12.7 Å². The molecular weight excluding hydrogens is 351 g/mol. The Balaban J connectivity index is 1.89. The number of aryl methyl sites for hydroxylation is 1. The van der Waals surface area contributed by atoms with Crippen LogP contribution in [-0.2, 0) is 10.4 Å². The molecule has 0 aliphatic carbocycles. The van der Waals surface area contributed by atoms with E-state index in [1.165, 1.54) is 16.8 Å². The first kappa shape index (κ1) is 17.0. The monoisotopic (exact) mass is 368 g/mol. The Morgan fingerprint density at radius 3 is 2.63 bits per heavy atom. The van der Waals surface area contributed by atoms with Crippen molar-refractivity contribution in [2.24, 2.45) is 0 Å². The molecule has 1 amide bonds. The molecule has 0 fully saturated rings. The minimum Gasteiger partial charge on any atom is -0.497 e. The number of carbonyl (C=O) groups is 1. The van der Waals surface area contributed by atoms with Gasteiger partial charge in [0.1, 0.15) is 17.4 Å². The number of benzene rings is 2. The van der Waals surface area contributed by atoms with Crippen molar-refractivity contribution in [3.63, 3.8) is 0 Å². The molecule has 4 N–H and O–H groups in total. The molecule has 1 aliphatic heterocycles. The Labute approximate surface area is 154 Å². The summed E-state index contributed by atoms with van der Waals surface area (Å²) in [5.74, 6) is -0.512. The molecule has 0 radical (unpaired) electrons. The quantitative estimate of drug-likeness (QED) is 0.657. The van der Waals surface area contributed by atoms with Gasteiger partial charge in [-0.15, -0.1) is 0 Å². The summed E-state index contributed by atoms with van der Waals surface area (Å²) in [4.78, 5) is 12.6. The van der Waals surface area contributed by atoms with Gasteiger partial charge in [0.05, 0.1) is 24.1 Å². The second kappa shape index (κ2) is 5.82. The molecular formula is C19H17FN4O3. The van der Waals surface area contributed by atoms with Crippen molar-refractivity contribution in [1.82, 2.24) is 9.78 Å². The van der Waals surface area contributed by atoms with Crippen LogP contribution in [0.5, 0.6) is 5.75 Å². The highest BCUT2D eigenvalue weighted by Crippen LogP contribution is 2.44. The van der Waals surface area contributed by atoms with Gasteiger partial charge in [-0.2, -0.15) is 5.10 Å². The minimum absolute atomic E-state index is 0.0902. The molecule has 27 heavy (non-hydrogen) atoms. The molecule has 1 unspecified atom stereocenters. The molecule has 4 rings (SSSR count). The summed E-state index contributed by atoms with van der Waals surface area (Å²) in [5, 5.41) is 18.2. The molecule has 2 heterocycles. The van der Waals surface area contributed by atoms with E-state index >= 15 is 0 Å². The average molecular weight is 368 g/mol. The number of anilines is 2. The van der Waals surface area contributed by atoms with Crippen LogP contribution in [0.1, 0.15) is 16.8 Å². The highest BCUT2D eigenvalue weighted by molar-refractivity contribution is 6.08. The van der Waals surface area contributed by atoms with Crippen LogP contribution in [0.15, 0.2) is 42.5 Å². The zero-order chi connectivity index (χ0) is 19.3. The fourth-order valence-electron chi connectivity index (χ4n) is 3.42. The van der Waals surface area contributed by atoms with Gasteiger partial charge in [0.15, 0.2) is 0 Å². The van der Waals surface area contributed by atoms with Crippen molar-refractivity contribution < 1.29 is 19.0 Å². The number of nitrogens with two attached hydrogens (primary N) is 1. The van der Waals surface area contributed by atoms with Crippen molar-refractivity contribution in [2.45, 2.75) is 12.5 Å². The lowest BCUT2D eigenvalue weighted by atomic mass is 9.87. The molecule has 138 valence electrons. The van der Waals surface area contributed by atoms with Crippen molar-refractivity contribution >= 4 is 17.4 Å². The maximum absolute atomic E-state index is 13.8. The Bertz CT molecular complexity index is 1060. The van der Waals surface area contributed by atoms with Gasteiger partial charge in [-0.05, 0) is 49.4 Å². The van der Waals surface area contributed by atoms with Crippen molar-refractivity contribution in [1.29, 1.82) is 0 Å². The van der Waals surface area contributed by atoms with Crippen LogP contribution in [0.25, 0.3) is 5.69 Å². The van der Waals surface area contributed by atoms with Crippen LogP contribution in [0.4, 0.5) is 15.9 Å². The summed E-state index contributed by atoms with van der Waals surface area (Å²) in [6.07, 6.45) is 0. The van der Waals surface area contributed by atoms with Crippen molar-refractivity contribution in [3.05, 3.63) is 65.1 Å². The summed E-state index contributed by atoms with van der Waals surface area (Å²) in [6, 6.07) is 10.7. The van der Waals surface area contributed by atoms with Crippen molar-refractivity contribution in [3.8, 4) is 11.4 Å². The van der Waals surface area contributed by atoms with Gasteiger partial charge in [0.2, 0.25) is 5.60 Å². The summed E-state index contributed by atoms with van der Waals surface area (Å²) in [7, 11) is 1.56. The molecule has 0 saturated heterocycles. The number of halogens is 1. The summed E-state index contributed by atoms with van der Waals surface area (Å²) < 4.78 is 20.3. The number of nitrogens with zero attached hydrogens (tertiary/aromatic N) is 2. The van der Waals surface area contributed by atoms with Gasteiger partial charge in [0.25, 0.3) is 5.91 Å². The molecule has 2 aromatic carbocycles. The Kier molecular flexibility index (Phi) is 3.67. The van der Waals surface area contributed by atoms with E-state index in [1.54, 1.807) is 38.3 Å². The maximum atomic E-state index is 13.8. The second-order valence-electron chi connectivity index (χ2n) is 6.31. The Hall–Kier alpha value is -3.39. The molecule has 3 aromatic rings. The first-order valence-corrected chi connectivity index (χ1v) is 8.20. The number of hydrogen-bond donors (Lipinski definition) is 3. The third kappa shape index (κ3) is 2.37. The molecule has 0 saturated carbocycles. The first-order chi connectivity index (χ1) is 12.9. The van der Waals surface area contributed by atoms with E-state index in [1.807, 2.05) is 0 Å². The van der Waals surface area contributed by atoms with E-state index in [2.05, 4.69) is 10.4 Å². The van der Waals surface area contributed by atoms with Gasteiger partial charge in [-0.25, -0.2) is 9.07 Å². The van der Waals surface area contributed by atoms with Crippen LogP contribution in [0.2, 0.25) is 0 Å². The lowest BCUT2D eigenvalue weighted by molar-refractivity contribution is -0.129. The van der Waals surface area contributed by atoms with E-state index in [4.69, 9.17) is 10.5 Å². The number of nitrogen functional groups attached to an aromatic ring is 1. The highest BCUT2D eigenvalue weighted by atomic mass is 19.1. The third-order valence-corrected chi connectivity index (χ3v) is 4.72. The van der Waals surface area contributed by atoms with Gasteiger partial charge in [-0.1, -0.05) is 0 Å². The predicted octanol–water partition coefficient (Wildman–Crippen LogP) is 2.10. The minimum atomic E-state index is -2.13. The number of ether oxygens (including phenoxy) is 1. The van der Waals surface area contributed by atoms with Gasteiger partial charge < -0.3 is 20.9 Å². The van der Waals surface area contributed by atoms with E-state index in [0.717, 1.165) is 6.07 Å². The number of aliphatic hydroxyl groups is 1. The molecule has 1 aliphatic rings. The number of aromatic nitrogens is 2. The van der Waals surface area contributed by atoms with Crippen LogP contribution >= 0.6 is 0 Å². The molecule has 8 heteroatoms. The third-order valence-electron chi connectivity index (χ3n) is 4.72. The summed E-state index contributed by atoms with van der Waals surface area (Å²) in [6.45, 7) is 1.63. The number of amides is 1. The van der Waals surface area contributed by atoms with Gasteiger partial charge in [0, 0.05) is 11.3 Å². The summed E-state index contributed by atoms with van der Waals surface area (Å²) in [5.41, 5.74) is 5.69.